The standard InChI is InChI=1S/C41H67O3P/c1-10-11-12-13-14-15-16-17-18-19-20-21-22-23-24-25-26-42-45-43-38-34(27-32(2)29-36(38)40(4,5)6)31-35-28-33(3)30-37(39(35)44-45)41(7,8)9/h27-30H,10-26,31H2,1-9H3. The van der Waals surface area contributed by atoms with Gasteiger partial charge in [0.25, 0.3) is 0 Å². The van der Waals surface area contributed by atoms with E-state index in [2.05, 4.69) is 86.6 Å². The molecule has 3 nitrogen and oxygen atoms in total. The quantitative estimate of drug-likeness (QED) is 0.120. The van der Waals surface area contributed by atoms with Crippen molar-refractivity contribution in [2.24, 2.45) is 0 Å². The van der Waals surface area contributed by atoms with Crippen molar-refractivity contribution < 1.29 is 13.6 Å². The SMILES string of the molecule is CCCCCCCCCCCCCCCCCCOP1Oc2c(cc(C)cc2C(C)(C)C)Cc2cc(C)cc(C(C)(C)C)c2O1. The van der Waals surface area contributed by atoms with Gasteiger partial charge >= 0.3 is 8.60 Å². The van der Waals surface area contributed by atoms with Crippen molar-refractivity contribution in [1.82, 2.24) is 0 Å². The van der Waals surface area contributed by atoms with E-state index in [1.54, 1.807) is 0 Å². The minimum Gasteiger partial charge on any atom is -0.417 e. The van der Waals surface area contributed by atoms with E-state index in [0.717, 1.165) is 24.3 Å². The van der Waals surface area contributed by atoms with Crippen molar-refractivity contribution in [1.29, 1.82) is 0 Å². The van der Waals surface area contributed by atoms with Gasteiger partial charge in [0.05, 0.1) is 6.61 Å². The molecule has 2 aromatic carbocycles. The molecule has 0 aromatic heterocycles. The van der Waals surface area contributed by atoms with E-state index < -0.39 is 8.60 Å². The molecule has 0 radical (unpaired) electrons. The Labute approximate surface area is 279 Å². The lowest BCUT2D eigenvalue weighted by Crippen LogP contribution is -2.19. The maximum absolute atomic E-state index is 6.75. The maximum atomic E-state index is 6.75. The molecule has 1 heterocycles. The van der Waals surface area contributed by atoms with E-state index in [-0.39, 0.29) is 10.8 Å². The Kier molecular flexibility index (Phi) is 15.7. The topological polar surface area (TPSA) is 27.7 Å². The number of hydrogen-bond donors (Lipinski definition) is 0. The highest BCUT2D eigenvalue weighted by atomic mass is 31.2. The molecule has 0 N–H and O–H groups in total. The predicted octanol–water partition coefficient (Wildman–Crippen LogP) is 13.8. The van der Waals surface area contributed by atoms with Crippen LogP contribution < -0.4 is 9.05 Å². The average molecular weight is 639 g/mol. The summed E-state index contributed by atoms with van der Waals surface area (Å²) in [4.78, 5) is 0. The lowest BCUT2D eigenvalue weighted by molar-refractivity contribution is 0.253. The third-order valence-electron chi connectivity index (χ3n) is 9.14. The molecule has 0 saturated heterocycles. The largest absolute Gasteiger partial charge is 0.463 e. The minimum absolute atomic E-state index is 0.0454. The first-order chi connectivity index (χ1) is 21.4. The zero-order valence-electron chi connectivity index (χ0n) is 30.7. The molecule has 45 heavy (non-hydrogen) atoms. The van der Waals surface area contributed by atoms with Gasteiger partial charge in [-0.05, 0) is 42.2 Å². The molecule has 0 saturated carbocycles. The molecular weight excluding hydrogens is 571 g/mol. The molecular formula is C41H67O3P. The molecule has 0 amide bonds. The summed E-state index contributed by atoms with van der Waals surface area (Å²) < 4.78 is 20.0. The molecule has 0 unspecified atom stereocenters. The first kappa shape index (κ1) is 37.9. The third-order valence-corrected chi connectivity index (χ3v) is 10.2. The Balaban J connectivity index is 1.51. The van der Waals surface area contributed by atoms with E-state index >= 15 is 0 Å². The molecule has 3 rings (SSSR count). The molecule has 0 atom stereocenters. The molecule has 0 aliphatic carbocycles. The lowest BCUT2D eigenvalue weighted by atomic mass is 9.81. The van der Waals surface area contributed by atoms with Gasteiger partial charge in [0.15, 0.2) is 0 Å². The second-order valence-electron chi connectivity index (χ2n) is 15.8. The number of hydrogen-bond acceptors (Lipinski definition) is 3. The fraction of sp³-hybridized carbons (Fsp3) is 0.707. The molecule has 0 bridgehead atoms. The molecule has 0 spiro atoms. The molecule has 254 valence electrons. The maximum Gasteiger partial charge on any atom is 0.463 e. The monoisotopic (exact) mass is 638 g/mol. The zero-order valence-corrected chi connectivity index (χ0v) is 31.6. The Bertz CT molecular complexity index is 1090. The van der Waals surface area contributed by atoms with Crippen LogP contribution in [0.3, 0.4) is 0 Å². The molecule has 2 aromatic rings. The van der Waals surface area contributed by atoms with Crippen molar-refractivity contribution in [3.05, 3.63) is 57.6 Å². The summed E-state index contributed by atoms with van der Waals surface area (Å²) in [6.45, 7) is 20.9. The second-order valence-corrected chi connectivity index (χ2v) is 16.9. The van der Waals surface area contributed by atoms with Crippen LogP contribution in [0.5, 0.6) is 11.5 Å². The average Bonchev–Trinajstić information content (AvgIpc) is 2.94. The fourth-order valence-electron chi connectivity index (χ4n) is 6.50. The van der Waals surface area contributed by atoms with Gasteiger partial charge in [-0.15, -0.1) is 0 Å². The van der Waals surface area contributed by atoms with Gasteiger partial charge in [-0.25, -0.2) is 0 Å². The van der Waals surface area contributed by atoms with Crippen LogP contribution in [0.2, 0.25) is 0 Å². The van der Waals surface area contributed by atoms with Crippen molar-refractivity contribution in [3.8, 4) is 11.5 Å². The lowest BCUT2D eigenvalue weighted by Gasteiger charge is -2.32. The minimum atomic E-state index is -1.58. The molecule has 0 fully saturated rings. The Morgan fingerprint density at radius 1 is 0.556 bits per heavy atom. The van der Waals surface area contributed by atoms with E-state index in [9.17, 15) is 0 Å². The van der Waals surface area contributed by atoms with E-state index in [4.69, 9.17) is 13.6 Å². The van der Waals surface area contributed by atoms with Gasteiger partial charge < -0.3 is 9.05 Å². The number of benzene rings is 2. The van der Waals surface area contributed by atoms with E-state index in [0.29, 0.717) is 6.61 Å². The summed E-state index contributed by atoms with van der Waals surface area (Å²) in [6, 6.07) is 9.15. The number of rotatable bonds is 18. The van der Waals surface area contributed by atoms with Crippen LogP contribution in [0.4, 0.5) is 0 Å². The van der Waals surface area contributed by atoms with Crippen LogP contribution in [0.25, 0.3) is 0 Å². The van der Waals surface area contributed by atoms with Crippen LogP contribution in [-0.4, -0.2) is 6.61 Å². The van der Waals surface area contributed by atoms with Gasteiger partial charge in [0, 0.05) is 17.5 Å². The van der Waals surface area contributed by atoms with Crippen LogP contribution in [0.1, 0.15) is 185 Å². The highest BCUT2D eigenvalue weighted by Gasteiger charge is 2.32. The van der Waals surface area contributed by atoms with Gasteiger partial charge in [-0.1, -0.05) is 180 Å². The van der Waals surface area contributed by atoms with E-state index in [1.165, 1.54) is 130 Å². The van der Waals surface area contributed by atoms with E-state index in [1.807, 2.05) is 0 Å². The Morgan fingerprint density at radius 2 is 0.911 bits per heavy atom. The summed E-state index contributed by atoms with van der Waals surface area (Å²) in [5.41, 5.74) is 7.37. The number of unbranched alkanes of at least 4 members (excludes halogenated alkanes) is 15. The highest BCUT2D eigenvalue weighted by molar-refractivity contribution is 7.42. The summed E-state index contributed by atoms with van der Waals surface area (Å²) in [6.07, 6.45) is 22.7. The van der Waals surface area contributed by atoms with Crippen LogP contribution in [0, 0.1) is 13.8 Å². The first-order valence-electron chi connectivity index (χ1n) is 18.5. The number of fused-ring (bicyclic) bond motifs is 2. The summed E-state index contributed by atoms with van der Waals surface area (Å²) >= 11 is 0. The Morgan fingerprint density at radius 3 is 1.27 bits per heavy atom. The summed E-state index contributed by atoms with van der Waals surface area (Å²) in [7, 11) is -1.58. The zero-order chi connectivity index (χ0) is 32.9. The summed E-state index contributed by atoms with van der Waals surface area (Å²) in [5.74, 6) is 1.91. The normalized spacial score (nSPS) is 13.9. The predicted molar refractivity (Wildman–Crippen MR) is 196 cm³/mol. The van der Waals surface area contributed by atoms with Gasteiger partial charge in [0.2, 0.25) is 0 Å². The molecule has 4 heteroatoms. The highest BCUT2D eigenvalue weighted by Crippen LogP contribution is 2.52. The van der Waals surface area contributed by atoms with Crippen molar-refractivity contribution in [2.45, 2.75) is 182 Å². The van der Waals surface area contributed by atoms with Crippen molar-refractivity contribution in [3.63, 3.8) is 0 Å². The molecule has 1 aliphatic heterocycles. The molecule has 1 aliphatic rings. The smallest absolute Gasteiger partial charge is 0.417 e. The second kappa shape index (κ2) is 18.7. The fourth-order valence-corrected chi connectivity index (χ4v) is 7.65. The van der Waals surface area contributed by atoms with Crippen LogP contribution in [0.15, 0.2) is 24.3 Å². The van der Waals surface area contributed by atoms with Crippen molar-refractivity contribution >= 4 is 8.60 Å². The first-order valence-corrected chi connectivity index (χ1v) is 19.6. The number of aryl methyl sites for hydroxylation is 2. The van der Waals surface area contributed by atoms with Crippen molar-refractivity contribution in [2.75, 3.05) is 6.61 Å². The summed E-state index contributed by atoms with van der Waals surface area (Å²) in [5, 5.41) is 0. The Hall–Kier alpha value is -1.57. The van der Waals surface area contributed by atoms with Gasteiger partial charge in [0.1, 0.15) is 11.5 Å². The third kappa shape index (κ3) is 12.9. The van der Waals surface area contributed by atoms with Gasteiger partial charge in [-0.2, -0.15) is 0 Å². The van der Waals surface area contributed by atoms with Gasteiger partial charge in [-0.3, -0.25) is 4.52 Å². The van der Waals surface area contributed by atoms with Crippen LogP contribution >= 0.6 is 8.60 Å². The van der Waals surface area contributed by atoms with Crippen LogP contribution in [-0.2, 0) is 21.8 Å².